The molecule has 0 amide bonds. The zero-order valence-electron chi connectivity index (χ0n) is 17.8. The van der Waals surface area contributed by atoms with Gasteiger partial charge in [0.15, 0.2) is 0 Å². The first-order valence-corrected chi connectivity index (χ1v) is 11.3. The van der Waals surface area contributed by atoms with Crippen molar-refractivity contribution in [1.82, 2.24) is 10.6 Å². The quantitative estimate of drug-likeness (QED) is 0.421. The second-order valence-electron chi connectivity index (χ2n) is 8.55. The van der Waals surface area contributed by atoms with Crippen molar-refractivity contribution in [2.45, 2.75) is 64.0 Å². The molecular weight excluding hydrogens is 356 g/mol. The van der Waals surface area contributed by atoms with Crippen LogP contribution in [0.5, 0.6) is 0 Å². The summed E-state index contributed by atoms with van der Waals surface area (Å²) in [5.74, 6) is 0.890. The Morgan fingerprint density at radius 2 is 1.76 bits per heavy atom. The number of carbonyl (C=O) groups is 1. The molecule has 0 unspecified atom stereocenters. The van der Waals surface area contributed by atoms with E-state index in [2.05, 4.69) is 48.0 Å². The number of likely N-dealkylation sites (N-methyl/N-ethyl adjacent to an activating group) is 1. The summed E-state index contributed by atoms with van der Waals surface area (Å²) in [6, 6.07) is 17.5. The van der Waals surface area contributed by atoms with E-state index in [1.165, 1.54) is 49.7 Å². The highest BCUT2D eigenvalue weighted by Crippen LogP contribution is 2.27. The third-order valence-corrected chi connectivity index (χ3v) is 6.22. The van der Waals surface area contributed by atoms with Gasteiger partial charge in [-0.3, -0.25) is 4.79 Å². The molecule has 0 heterocycles. The van der Waals surface area contributed by atoms with E-state index < -0.39 is 0 Å². The van der Waals surface area contributed by atoms with E-state index in [9.17, 15) is 4.79 Å². The van der Waals surface area contributed by atoms with Crippen LogP contribution in [-0.2, 0) is 19.4 Å². The van der Waals surface area contributed by atoms with Crippen molar-refractivity contribution in [3.8, 4) is 0 Å². The van der Waals surface area contributed by atoms with Crippen molar-refractivity contribution >= 4 is 6.29 Å². The highest BCUT2D eigenvalue weighted by Gasteiger charge is 2.14. The summed E-state index contributed by atoms with van der Waals surface area (Å²) in [6.07, 6.45) is 11.4. The Kier molecular flexibility index (Phi) is 8.91. The molecule has 2 aromatic rings. The zero-order valence-corrected chi connectivity index (χ0v) is 17.8. The van der Waals surface area contributed by atoms with Crippen LogP contribution in [0.3, 0.4) is 0 Å². The molecule has 0 aliphatic heterocycles. The van der Waals surface area contributed by atoms with Gasteiger partial charge in [-0.15, -0.1) is 0 Å². The third kappa shape index (κ3) is 7.41. The van der Waals surface area contributed by atoms with Crippen LogP contribution in [0.2, 0.25) is 0 Å². The molecule has 1 fully saturated rings. The van der Waals surface area contributed by atoms with Gasteiger partial charge in [0, 0.05) is 18.2 Å². The van der Waals surface area contributed by atoms with Crippen LogP contribution in [0.25, 0.3) is 0 Å². The molecule has 0 radical (unpaired) electrons. The smallest absolute Gasteiger partial charge is 0.150 e. The van der Waals surface area contributed by atoms with Crippen LogP contribution in [0.4, 0.5) is 0 Å². The fraction of sp³-hybridized carbons (Fsp3) is 0.500. The summed E-state index contributed by atoms with van der Waals surface area (Å²) in [4.78, 5) is 10.9. The first kappa shape index (κ1) is 21.7. The molecule has 0 aromatic heterocycles. The van der Waals surface area contributed by atoms with E-state index >= 15 is 0 Å². The predicted octanol–water partition coefficient (Wildman–Crippen LogP) is 4.93. The number of aldehydes is 1. The molecule has 1 atom stereocenters. The standard InChI is InChI=1S/C26H36N2O/c1-27-26(13-14-28-19-24-11-6-12-25(17-24)20-29)18-23-10-5-9-22(16-23)15-21-7-3-2-4-8-21/h5-6,9-12,16-17,20-21,26-28H,2-4,7-8,13-15,18-19H2,1H3/t26-/m1/s1. The van der Waals surface area contributed by atoms with E-state index in [1.54, 1.807) is 0 Å². The van der Waals surface area contributed by atoms with E-state index in [0.717, 1.165) is 49.3 Å². The van der Waals surface area contributed by atoms with Crippen LogP contribution >= 0.6 is 0 Å². The van der Waals surface area contributed by atoms with E-state index in [0.29, 0.717) is 6.04 Å². The molecule has 2 N–H and O–H groups in total. The summed E-state index contributed by atoms with van der Waals surface area (Å²) in [7, 11) is 2.06. The van der Waals surface area contributed by atoms with E-state index in [4.69, 9.17) is 0 Å². The van der Waals surface area contributed by atoms with Gasteiger partial charge in [0.05, 0.1) is 0 Å². The minimum Gasteiger partial charge on any atom is -0.317 e. The molecule has 29 heavy (non-hydrogen) atoms. The van der Waals surface area contributed by atoms with Gasteiger partial charge >= 0.3 is 0 Å². The lowest BCUT2D eigenvalue weighted by Crippen LogP contribution is -2.31. The molecule has 3 heteroatoms. The van der Waals surface area contributed by atoms with Crippen LogP contribution in [0.1, 0.15) is 65.6 Å². The summed E-state index contributed by atoms with van der Waals surface area (Å²) in [5.41, 5.74) is 4.85. The first-order chi connectivity index (χ1) is 14.3. The van der Waals surface area contributed by atoms with Gasteiger partial charge in [-0.25, -0.2) is 0 Å². The summed E-state index contributed by atoms with van der Waals surface area (Å²) in [5, 5.41) is 7.00. The molecule has 0 bridgehead atoms. The number of hydrogen-bond donors (Lipinski definition) is 2. The lowest BCUT2D eigenvalue weighted by molar-refractivity contribution is 0.112. The van der Waals surface area contributed by atoms with Gasteiger partial charge < -0.3 is 10.6 Å². The van der Waals surface area contributed by atoms with Gasteiger partial charge in [-0.1, -0.05) is 74.6 Å². The second kappa shape index (κ2) is 11.9. The number of benzene rings is 2. The summed E-state index contributed by atoms with van der Waals surface area (Å²) < 4.78 is 0. The Morgan fingerprint density at radius 1 is 1.00 bits per heavy atom. The van der Waals surface area contributed by atoms with Crippen LogP contribution in [-0.4, -0.2) is 25.9 Å². The number of rotatable bonds is 11. The molecule has 0 saturated heterocycles. The topological polar surface area (TPSA) is 41.1 Å². The second-order valence-corrected chi connectivity index (χ2v) is 8.55. The lowest BCUT2D eigenvalue weighted by atomic mass is 9.84. The summed E-state index contributed by atoms with van der Waals surface area (Å²) >= 11 is 0. The highest BCUT2D eigenvalue weighted by molar-refractivity contribution is 5.74. The summed E-state index contributed by atoms with van der Waals surface area (Å²) in [6.45, 7) is 1.76. The van der Waals surface area contributed by atoms with Crippen molar-refractivity contribution in [2.75, 3.05) is 13.6 Å². The Balaban J connectivity index is 1.44. The van der Waals surface area contributed by atoms with Gasteiger partial charge in [0.1, 0.15) is 6.29 Å². The van der Waals surface area contributed by atoms with Crippen molar-refractivity contribution < 1.29 is 4.79 Å². The number of hydrogen-bond acceptors (Lipinski definition) is 3. The Labute approximate surface area is 176 Å². The molecule has 3 rings (SSSR count). The zero-order chi connectivity index (χ0) is 20.3. The largest absolute Gasteiger partial charge is 0.317 e. The Morgan fingerprint density at radius 3 is 2.55 bits per heavy atom. The van der Waals surface area contributed by atoms with Crippen molar-refractivity contribution in [3.63, 3.8) is 0 Å². The average Bonchev–Trinajstić information content (AvgIpc) is 2.77. The Bertz CT molecular complexity index is 752. The predicted molar refractivity (Wildman–Crippen MR) is 121 cm³/mol. The minimum absolute atomic E-state index is 0.466. The maximum absolute atomic E-state index is 10.9. The SMILES string of the molecule is CN[C@H](CCNCc1cccc(C=O)c1)Cc1cccc(CC2CCCCC2)c1. The highest BCUT2D eigenvalue weighted by atomic mass is 16.1. The average molecular weight is 393 g/mol. The molecule has 1 aliphatic rings. The molecule has 0 spiro atoms. The number of nitrogens with one attached hydrogen (secondary N) is 2. The van der Waals surface area contributed by atoms with E-state index in [1.807, 2.05) is 18.2 Å². The molecular formula is C26H36N2O. The normalized spacial score (nSPS) is 15.9. The molecule has 1 saturated carbocycles. The first-order valence-electron chi connectivity index (χ1n) is 11.3. The Hall–Kier alpha value is -1.97. The van der Waals surface area contributed by atoms with Crippen LogP contribution in [0.15, 0.2) is 48.5 Å². The maximum atomic E-state index is 10.9. The molecule has 156 valence electrons. The monoisotopic (exact) mass is 392 g/mol. The fourth-order valence-electron chi connectivity index (χ4n) is 4.53. The third-order valence-electron chi connectivity index (χ3n) is 6.22. The lowest BCUT2D eigenvalue weighted by Gasteiger charge is -2.22. The fourth-order valence-corrected chi connectivity index (χ4v) is 4.53. The van der Waals surface area contributed by atoms with Crippen LogP contribution < -0.4 is 10.6 Å². The van der Waals surface area contributed by atoms with Crippen molar-refractivity contribution in [3.05, 3.63) is 70.8 Å². The van der Waals surface area contributed by atoms with Crippen LogP contribution in [0, 0.1) is 5.92 Å². The minimum atomic E-state index is 0.466. The van der Waals surface area contributed by atoms with Gasteiger partial charge in [-0.2, -0.15) is 0 Å². The maximum Gasteiger partial charge on any atom is 0.150 e. The van der Waals surface area contributed by atoms with Crippen molar-refractivity contribution in [2.24, 2.45) is 5.92 Å². The number of carbonyl (C=O) groups excluding carboxylic acids is 1. The van der Waals surface area contributed by atoms with Gasteiger partial charge in [-0.05, 0) is 61.5 Å². The van der Waals surface area contributed by atoms with Gasteiger partial charge in [0.25, 0.3) is 0 Å². The van der Waals surface area contributed by atoms with Crippen molar-refractivity contribution in [1.29, 1.82) is 0 Å². The van der Waals surface area contributed by atoms with Gasteiger partial charge in [0.2, 0.25) is 0 Å². The molecule has 3 nitrogen and oxygen atoms in total. The molecule has 1 aliphatic carbocycles. The van der Waals surface area contributed by atoms with E-state index in [-0.39, 0.29) is 0 Å². The molecule has 2 aromatic carbocycles.